The largest absolute Gasteiger partial charge is 0.493 e. The molecule has 66 heavy (non-hydrogen) atoms. The van der Waals surface area contributed by atoms with Crippen LogP contribution in [0.1, 0.15) is 81.5 Å². The number of anilines is 2. The molecule has 0 bridgehead atoms. The van der Waals surface area contributed by atoms with Crippen molar-refractivity contribution >= 4 is 40.9 Å². The normalized spacial score (nSPS) is 15.3. The Morgan fingerprint density at radius 2 is 1.05 bits per heavy atom. The number of benzene rings is 4. The summed E-state index contributed by atoms with van der Waals surface area (Å²) >= 11 is 0. The van der Waals surface area contributed by atoms with Crippen LogP contribution < -0.4 is 30.3 Å². The Balaban J connectivity index is 0.000000199. The molecule has 4 aromatic carbocycles. The lowest BCUT2D eigenvalue weighted by Gasteiger charge is -2.33. The number of fused-ring (bicyclic) bond motifs is 2. The number of amides is 5. The number of piperidine rings is 2. The number of halogens is 5. The first-order valence-electron chi connectivity index (χ1n) is 22.0. The van der Waals surface area contributed by atoms with Crippen molar-refractivity contribution in [2.45, 2.75) is 70.6 Å². The van der Waals surface area contributed by atoms with Gasteiger partial charge in [0.25, 0.3) is 0 Å². The number of carbonyl (C=O) groups is 5. The highest BCUT2D eigenvalue weighted by Gasteiger charge is 2.38. The van der Waals surface area contributed by atoms with Crippen molar-refractivity contribution in [2.24, 2.45) is 5.73 Å². The lowest BCUT2D eigenvalue weighted by Crippen LogP contribution is -2.45. The lowest BCUT2D eigenvalue weighted by molar-refractivity contribution is -0.173. The van der Waals surface area contributed by atoms with Crippen molar-refractivity contribution in [1.29, 1.82) is 0 Å². The van der Waals surface area contributed by atoms with E-state index in [1.165, 1.54) is 28.4 Å². The van der Waals surface area contributed by atoms with Crippen LogP contribution in [0.3, 0.4) is 0 Å². The van der Waals surface area contributed by atoms with Crippen molar-refractivity contribution < 1.29 is 55.4 Å². The molecule has 0 aliphatic carbocycles. The van der Waals surface area contributed by atoms with Crippen LogP contribution in [0, 0.1) is 11.6 Å². The Morgan fingerprint density at radius 1 is 0.606 bits per heavy atom. The lowest BCUT2D eigenvalue weighted by atomic mass is 10.1. The van der Waals surface area contributed by atoms with E-state index in [2.05, 4.69) is 0 Å². The van der Waals surface area contributed by atoms with E-state index in [1.54, 1.807) is 34.1 Å². The number of carbonyl (C=O) groups excluding carboxylic acids is 5. The zero-order valence-corrected chi connectivity index (χ0v) is 36.3. The predicted molar refractivity (Wildman–Crippen MR) is 235 cm³/mol. The van der Waals surface area contributed by atoms with Gasteiger partial charge in [0.1, 0.15) is 23.1 Å². The highest BCUT2D eigenvalue weighted by atomic mass is 19.4. The van der Waals surface area contributed by atoms with E-state index >= 15 is 4.39 Å². The summed E-state index contributed by atoms with van der Waals surface area (Å²) in [7, 11) is 0. The van der Waals surface area contributed by atoms with Crippen molar-refractivity contribution in [3.63, 3.8) is 0 Å². The van der Waals surface area contributed by atoms with Gasteiger partial charge in [-0.15, -0.1) is 0 Å². The van der Waals surface area contributed by atoms with Crippen LogP contribution in [0.25, 0.3) is 0 Å². The van der Waals surface area contributed by atoms with E-state index in [9.17, 15) is 41.5 Å². The van der Waals surface area contributed by atoms with E-state index in [0.29, 0.717) is 57.1 Å². The first-order chi connectivity index (χ1) is 31.7. The van der Waals surface area contributed by atoms with Gasteiger partial charge in [-0.3, -0.25) is 24.2 Å². The number of alkyl halides is 3. The molecule has 13 nitrogen and oxygen atoms in total. The minimum Gasteiger partial charge on any atom is -0.493 e. The van der Waals surface area contributed by atoms with Gasteiger partial charge < -0.3 is 30.3 Å². The molecular weight excluding hydrogens is 868 g/mol. The summed E-state index contributed by atoms with van der Waals surface area (Å²) in [5.41, 5.74) is 9.21. The first-order valence-corrected chi connectivity index (χ1v) is 22.0. The molecule has 0 radical (unpaired) electrons. The summed E-state index contributed by atoms with van der Waals surface area (Å²) in [6.07, 6.45) is 2.23. The molecule has 4 aliphatic heterocycles. The maximum absolute atomic E-state index is 15.0. The molecular formula is C48H51F5N6O7. The van der Waals surface area contributed by atoms with Crippen LogP contribution in [0.4, 0.5) is 42.9 Å². The fraction of sp³-hybridized carbons (Fsp3) is 0.396. The monoisotopic (exact) mass is 918 g/mol. The molecule has 5 amide bonds. The molecule has 0 aromatic heterocycles. The quantitative estimate of drug-likeness (QED) is 0.114. The number of likely N-dealkylation sites (tertiary alicyclic amines) is 2. The van der Waals surface area contributed by atoms with E-state index in [-0.39, 0.29) is 54.2 Å². The molecule has 0 saturated carbocycles. The smallest absolute Gasteiger partial charge is 0.471 e. The second kappa shape index (κ2) is 21.2. The van der Waals surface area contributed by atoms with E-state index < -0.39 is 36.0 Å². The third kappa shape index (κ3) is 11.4. The Kier molecular flexibility index (Phi) is 15.2. The second-order valence-corrected chi connectivity index (χ2v) is 16.5. The Hall–Kier alpha value is -6.56. The van der Waals surface area contributed by atoms with Gasteiger partial charge in [-0.05, 0) is 98.2 Å². The van der Waals surface area contributed by atoms with Crippen molar-refractivity contribution in [3.05, 3.63) is 118 Å². The zero-order chi connectivity index (χ0) is 47.0. The number of hydrogen-bond acceptors (Lipinski definition) is 8. The SMILES string of the molecule is NCC(=O)c1ccc(CN(C(=O)N2CCCCC2)c2ccc3c(c2)CCO3)c(F)c1.O=C(CNC(=O)C(F)(F)F)c1ccc(CN(C(=O)N2CCCCC2)c2ccc3c(c2)CCO3)c(F)c1. The number of nitrogens with one attached hydrogen (secondary N) is 1. The Labute approximate surface area is 378 Å². The predicted octanol–water partition coefficient (Wildman–Crippen LogP) is 7.75. The number of urea groups is 2. The summed E-state index contributed by atoms with van der Waals surface area (Å²) in [6.45, 7) is 2.66. The van der Waals surface area contributed by atoms with Crippen LogP contribution in [-0.4, -0.2) is 98.0 Å². The average molecular weight is 919 g/mol. The van der Waals surface area contributed by atoms with Crippen LogP contribution in [0.2, 0.25) is 0 Å². The maximum Gasteiger partial charge on any atom is 0.471 e. The molecule has 4 aromatic rings. The first kappa shape index (κ1) is 47.4. The average Bonchev–Trinajstić information content (AvgIpc) is 4.01. The number of ether oxygens (including phenoxy) is 2. The van der Waals surface area contributed by atoms with Crippen molar-refractivity contribution in [2.75, 3.05) is 62.3 Å². The fourth-order valence-corrected chi connectivity index (χ4v) is 8.25. The van der Waals surface area contributed by atoms with Crippen molar-refractivity contribution in [3.8, 4) is 11.5 Å². The number of hydrogen-bond donors (Lipinski definition) is 2. The van der Waals surface area contributed by atoms with Gasteiger partial charge in [-0.25, -0.2) is 18.4 Å². The highest BCUT2D eigenvalue weighted by molar-refractivity contribution is 6.00. The maximum atomic E-state index is 15.0. The molecule has 4 aliphatic rings. The molecule has 2 saturated heterocycles. The molecule has 18 heteroatoms. The van der Waals surface area contributed by atoms with Gasteiger partial charge in [-0.1, -0.05) is 24.3 Å². The van der Waals surface area contributed by atoms with Crippen molar-refractivity contribution in [1.82, 2.24) is 15.1 Å². The Bertz CT molecular complexity index is 2450. The topological polar surface area (TPSA) is 155 Å². The molecule has 2 fully saturated rings. The minimum atomic E-state index is -5.12. The third-order valence-electron chi connectivity index (χ3n) is 11.9. The number of nitrogens with zero attached hydrogens (tertiary/aromatic N) is 4. The number of nitrogens with two attached hydrogens (primary N) is 1. The van der Waals surface area contributed by atoms with Gasteiger partial charge in [0.05, 0.1) is 39.4 Å². The molecule has 350 valence electrons. The van der Waals surface area contributed by atoms with Crippen LogP contribution >= 0.6 is 0 Å². The number of rotatable bonds is 11. The second-order valence-electron chi connectivity index (χ2n) is 16.5. The fourth-order valence-electron chi connectivity index (χ4n) is 8.25. The van der Waals surface area contributed by atoms with E-state index in [1.807, 2.05) is 29.2 Å². The molecule has 0 unspecified atom stereocenters. The summed E-state index contributed by atoms with van der Waals surface area (Å²) in [5.74, 6) is -3.17. The van der Waals surface area contributed by atoms with Crippen LogP contribution in [0.5, 0.6) is 11.5 Å². The van der Waals surface area contributed by atoms with Crippen LogP contribution in [-0.2, 0) is 30.7 Å². The standard InChI is InChI=1S/C25H25F4N3O4.C23H26FN3O3/c26-20-13-16(21(33)14-30-23(34)25(27,28)29)4-5-18(20)15-32(24(35)31-9-2-1-3-10-31)19-6-7-22-17(12-19)8-11-36-22;24-20-13-16(21(28)14-25)4-5-18(20)15-27(23(29)26-9-2-1-3-10-26)19-6-7-22-17(12-19)8-11-30-22/h4-7,12-13H,1-3,8-11,14-15H2,(H,30,34);4-7,12-13H,1-3,8-11,14-15,25H2. The van der Waals surface area contributed by atoms with Gasteiger partial charge in [0.2, 0.25) is 0 Å². The third-order valence-corrected chi connectivity index (χ3v) is 11.9. The minimum absolute atomic E-state index is 0.0813. The number of ketones is 2. The molecule has 8 rings (SSSR count). The van der Waals surface area contributed by atoms with Gasteiger partial charge >= 0.3 is 24.1 Å². The van der Waals surface area contributed by atoms with Gasteiger partial charge in [-0.2, -0.15) is 13.2 Å². The van der Waals surface area contributed by atoms with Crippen LogP contribution in [0.15, 0.2) is 72.8 Å². The number of Topliss-reactive ketones (excluding diaryl/α,β-unsaturated/α-hetero) is 2. The van der Waals surface area contributed by atoms with E-state index in [4.69, 9.17) is 15.2 Å². The Morgan fingerprint density at radius 3 is 1.45 bits per heavy atom. The van der Waals surface area contributed by atoms with Gasteiger partial charge in [0.15, 0.2) is 11.6 Å². The van der Waals surface area contributed by atoms with E-state index in [0.717, 1.165) is 79.3 Å². The zero-order valence-electron chi connectivity index (χ0n) is 36.3. The molecule has 0 spiro atoms. The highest BCUT2D eigenvalue weighted by Crippen LogP contribution is 2.33. The molecule has 4 heterocycles. The van der Waals surface area contributed by atoms with Gasteiger partial charge in [0, 0.05) is 72.6 Å². The molecule has 0 atom stereocenters. The summed E-state index contributed by atoms with van der Waals surface area (Å²) in [6, 6.07) is 18.5. The summed E-state index contributed by atoms with van der Waals surface area (Å²) < 4.78 is 77.9. The molecule has 3 N–H and O–H groups in total. The summed E-state index contributed by atoms with van der Waals surface area (Å²) in [5, 5.41) is 1.48. The summed E-state index contributed by atoms with van der Waals surface area (Å²) in [4.78, 5) is 68.3.